The molecule has 0 saturated heterocycles. The highest BCUT2D eigenvalue weighted by molar-refractivity contribution is 5.71. The molecule has 1 aliphatic rings. The van der Waals surface area contributed by atoms with Gasteiger partial charge in [0.15, 0.2) is 5.65 Å². The molecule has 0 atom stereocenters. The standard InChI is InChI=1S/C16H16N6/c1-2-14-19-9-11-5-8-22(10-13(11)20-14)15-4-3-12-16(21-15)18-7-6-17-12/h3-4,6-7,9H,2,5,8,10H2,1H3. The SMILES string of the molecule is CCc1ncc2c(n1)CN(c1ccc3nccnc3n1)CC2. The van der Waals surface area contributed by atoms with E-state index in [9.17, 15) is 0 Å². The Balaban J connectivity index is 1.67. The van der Waals surface area contributed by atoms with E-state index in [1.165, 1.54) is 5.56 Å². The third kappa shape index (κ3) is 2.26. The third-order valence-corrected chi connectivity index (χ3v) is 3.95. The average molecular weight is 292 g/mol. The largest absolute Gasteiger partial charge is 0.350 e. The first-order valence-electron chi connectivity index (χ1n) is 7.50. The maximum Gasteiger partial charge on any atom is 0.180 e. The van der Waals surface area contributed by atoms with Crippen LogP contribution < -0.4 is 4.90 Å². The Morgan fingerprint density at radius 3 is 2.91 bits per heavy atom. The van der Waals surface area contributed by atoms with Gasteiger partial charge in [0.2, 0.25) is 0 Å². The van der Waals surface area contributed by atoms with Crippen LogP contribution in [0.15, 0.2) is 30.7 Å². The van der Waals surface area contributed by atoms with Crippen molar-refractivity contribution in [1.29, 1.82) is 0 Å². The molecule has 0 amide bonds. The van der Waals surface area contributed by atoms with Crippen molar-refractivity contribution in [2.45, 2.75) is 26.3 Å². The molecule has 22 heavy (non-hydrogen) atoms. The van der Waals surface area contributed by atoms with Crippen LogP contribution in [-0.2, 0) is 19.4 Å². The molecule has 110 valence electrons. The molecule has 0 aromatic carbocycles. The van der Waals surface area contributed by atoms with Crippen molar-refractivity contribution in [3.8, 4) is 0 Å². The second-order valence-corrected chi connectivity index (χ2v) is 5.35. The molecule has 0 aliphatic carbocycles. The summed E-state index contributed by atoms with van der Waals surface area (Å²) >= 11 is 0. The number of pyridine rings is 1. The van der Waals surface area contributed by atoms with Crippen LogP contribution in [0.1, 0.15) is 24.0 Å². The summed E-state index contributed by atoms with van der Waals surface area (Å²) in [4.78, 5) is 24.5. The minimum absolute atomic E-state index is 0.683. The lowest BCUT2D eigenvalue weighted by Gasteiger charge is -2.29. The lowest BCUT2D eigenvalue weighted by atomic mass is 10.1. The van der Waals surface area contributed by atoms with Gasteiger partial charge in [0.1, 0.15) is 17.2 Å². The highest BCUT2D eigenvalue weighted by Gasteiger charge is 2.19. The molecule has 0 radical (unpaired) electrons. The van der Waals surface area contributed by atoms with Crippen LogP contribution in [0.2, 0.25) is 0 Å². The summed E-state index contributed by atoms with van der Waals surface area (Å²) in [6.45, 7) is 3.76. The van der Waals surface area contributed by atoms with Crippen molar-refractivity contribution in [2.75, 3.05) is 11.4 Å². The van der Waals surface area contributed by atoms with E-state index in [0.29, 0.717) is 5.65 Å². The van der Waals surface area contributed by atoms with Crippen molar-refractivity contribution in [1.82, 2.24) is 24.9 Å². The van der Waals surface area contributed by atoms with Gasteiger partial charge >= 0.3 is 0 Å². The van der Waals surface area contributed by atoms with Crippen molar-refractivity contribution < 1.29 is 0 Å². The number of aromatic nitrogens is 5. The molecule has 3 aromatic heterocycles. The first-order chi connectivity index (χ1) is 10.8. The van der Waals surface area contributed by atoms with Crippen LogP contribution in [0.3, 0.4) is 0 Å². The summed E-state index contributed by atoms with van der Waals surface area (Å²) in [5, 5.41) is 0. The molecule has 0 fully saturated rings. The molecular formula is C16H16N6. The monoisotopic (exact) mass is 292 g/mol. The normalized spacial score (nSPS) is 14.1. The first kappa shape index (κ1) is 13.1. The molecule has 1 aliphatic heterocycles. The Morgan fingerprint density at radius 2 is 2.00 bits per heavy atom. The quantitative estimate of drug-likeness (QED) is 0.719. The summed E-state index contributed by atoms with van der Waals surface area (Å²) in [5.41, 5.74) is 3.86. The van der Waals surface area contributed by atoms with Crippen LogP contribution in [0, 0.1) is 0 Å². The van der Waals surface area contributed by atoms with Crippen molar-refractivity contribution >= 4 is 17.0 Å². The van der Waals surface area contributed by atoms with Gasteiger partial charge in [0.25, 0.3) is 0 Å². The molecule has 4 rings (SSSR count). The Kier molecular flexibility index (Phi) is 3.14. The van der Waals surface area contributed by atoms with Crippen molar-refractivity contribution in [3.05, 3.63) is 47.8 Å². The molecule has 6 heteroatoms. The Labute approximate surface area is 128 Å². The maximum absolute atomic E-state index is 4.66. The Morgan fingerprint density at radius 1 is 1.09 bits per heavy atom. The van der Waals surface area contributed by atoms with Gasteiger partial charge in [0.05, 0.1) is 12.2 Å². The van der Waals surface area contributed by atoms with Gasteiger partial charge in [-0.2, -0.15) is 0 Å². The smallest absolute Gasteiger partial charge is 0.180 e. The Bertz CT molecular complexity index is 832. The molecule has 0 bridgehead atoms. The molecule has 6 nitrogen and oxygen atoms in total. The summed E-state index contributed by atoms with van der Waals surface area (Å²) in [6, 6.07) is 3.97. The van der Waals surface area contributed by atoms with E-state index >= 15 is 0 Å². The predicted molar refractivity (Wildman–Crippen MR) is 83.5 cm³/mol. The van der Waals surface area contributed by atoms with Crippen molar-refractivity contribution in [2.24, 2.45) is 0 Å². The highest BCUT2D eigenvalue weighted by atomic mass is 15.2. The zero-order chi connectivity index (χ0) is 14.9. The minimum Gasteiger partial charge on any atom is -0.350 e. The number of aryl methyl sites for hydroxylation is 1. The molecule has 0 spiro atoms. The van der Waals surface area contributed by atoms with E-state index in [2.05, 4.69) is 36.7 Å². The molecule has 0 saturated carbocycles. The van der Waals surface area contributed by atoms with E-state index in [-0.39, 0.29) is 0 Å². The van der Waals surface area contributed by atoms with Crippen LogP contribution >= 0.6 is 0 Å². The van der Waals surface area contributed by atoms with E-state index in [1.54, 1.807) is 12.4 Å². The maximum atomic E-state index is 4.66. The van der Waals surface area contributed by atoms with E-state index in [4.69, 9.17) is 0 Å². The predicted octanol–water partition coefficient (Wildman–Crippen LogP) is 1.94. The fraction of sp³-hybridized carbons (Fsp3) is 0.312. The number of nitrogens with zero attached hydrogens (tertiary/aromatic N) is 6. The van der Waals surface area contributed by atoms with Gasteiger partial charge in [-0.15, -0.1) is 0 Å². The first-order valence-corrected chi connectivity index (χ1v) is 7.50. The summed E-state index contributed by atoms with van der Waals surface area (Å²) in [6.07, 6.45) is 7.13. The highest BCUT2D eigenvalue weighted by Crippen LogP contribution is 2.22. The number of anilines is 1. The zero-order valence-electron chi connectivity index (χ0n) is 12.4. The van der Waals surface area contributed by atoms with Gasteiger partial charge in [-0.1, -0.05) is 6.92 Å². The summed E-state index contributed by atoms with van der Waals surface area (Å²) in [5.74, 6) is 1.83. The minimum atomic E-state index is 0.683. The fourth-order valence-electron chi connectivity index (χ4n) is 2.73. The number of rotatable bonds is 2. The Hall–Kier alpha value is -2.63. The molecule has 4 heterocycles. The van der Waals surface area contributed by atoms with Gasteiger partial charge in [-0.05, 0) is 24.1 Å². The summed E-state index contributed by atoms with van der Waals surface area (Å²) < 4.78 is 0. The second-order valence-electron chi connectivity index (χ2n) is 5.35. The number of hydrogen-bond donors (Lipinski definition) is 0. The fourth-order valence-corrected chi connectivity index (χ4v) is 2.73. The van der Waals surface area contributed by atoms with Gasteiger partial charge in [-0.25, -0.2) is 19.9 Å². The van der Waals surface area contributed by atoms with Crippen LogP contribution in [0.25, 0.3) is 11.2 Å². The van der Waals surface area contributed by atoms with E-state index in [0.717, 1.165) is 48.8 Å². The zero-order valence-corrected chi connectivity index (χ0v) is 12.4. The second kappa shape index (κ2) is 5.29. The van der Waals surface area contributed by atoms with Crippen LogP contribution in [0.4, 0.5) is 5.82 Å². The van der Waals surface area contributed by atoms with E-state index in [1.807, 2.05) is 18.3 Å². The van der Waals surface area contributed by atoms with Gasteiger partial charge in [-0.3, -0.25) is 4.98 Å². The van der Waals surface area contributed by atoms with Crippen LogP contribution in [0.5, 0.6) is 0 Å². The molecule has 0 N–H and O–H groups in total. The molecular weight excluding hydrogens is 276 g/mol. The summed E-state index contributed by atoms with van der Waals surface area (Å²) in [7, 11) is 0. The number of fused-ring (bicyclic) bond motifs is 2. The third-order valence-electron chi connectivity index (χ3n) is 3.95. The molecule has 3 aromatic rings. The topological polar surface area (TPSA) is 67.7 Å². The van der Waals surface area contributed by atoms with Crippen molar-refractivity contribution in [3.63, 3.8) is 0 Å². The van der Waals surface area contributed by atoms with E-state index < -0.39 is 0 Å². The molecule has 0 unspecified atom stereocenters. The van der Waals surface area contributed by atoms with Gasteiger partial charge in [0, 0.05) is 31.6 Å². The lowest BCUT2D eigenvalue weighted by Crippen LogP contribution is -2.32. The lowest BCUT2D eigenvalue weighted by molar-refractivity contribution is 0.685. The van der Waals surface area contributed by atoms with Crippen LogP contribution in [-0.4, -0.2) is 31.5 Å². The number of hydrogen-bond acceptors (Lipinski definition) is 6. The van der Waals surface area contributed by atoms with Gasteiger partial charge < -0.3 is 4.90 Å². The average Bonchev–Trinajstić information content (AvgIpc) is 2.60.